The number of aryl methyl sites for hydroxylation is 1. The van der Waals surface area contributed by atoms with E-state index in [1.807, 2.05) is 37.3 Å². The minimum Gasteiger partial charge on any atom is -0.384 e. The van der Waals surface area contributed by atoms with E-state index in [0.29, 0.717) is 12.1 Å². The quantitative estimate of drug-likeness (QED) is 0.532. The third-order valence-electron chi connectivity index (χ3n) is 5.18. The van der Waals surface area contributed by atoms with Crippen molar-refractivity contribution in [3.8, 4) is 0 Å². The highest BCUT2D eigenvalue weighted by Crippen LogP contribution is 2.30. The molecule has 6 heteroatoms. The van der Waals surface area contributed by atoms with Gasteiger partial charge in [-0.1, -0.05) is 43.3 Å². The molecule has 4 N–H and O–H groups in total. The van der Waals surface area contributed by atoms with E-state index in [9.17, 15) is 9.59 Å². The van der Waals surface area contributed by atoms with Gasteiger partial charge in [-0.2, -0.15) is 0 Å². The van der Waals surface area contributed by atoms with Crippen LogP contribution in [0.25, 0.3) is 0 Å². The number of hydrogen-bond acceptors (Lipinski definition) is 3. The van der Waals surface area contributed by atoms with Gasteiger partial charge in [-0.3, -0.25) is 15.0 Å². The first kappa shape index (κ1) is 19.6. The normalized spacial score (nSPS) is 16.2. The zero-order valence-corrected chi connectivity index (χ0v) is 16.1. The van der Waals surface area contributed by atoms with Crippen molar-refractivity contribution in [3.05, 3.63) is 65.2 Å². The van der Waals surface area contributed by atoms with Crippen LogP contribution in [-0.2, 0) is 22.6 Å². The van der Waals surface area contributed by atoms with Crippen molar-refractivity contribution in [1.29, 1.82) is 5.41 Å². The molecule has 28 heavy (non-hydrogen) atoms. The first-order valence-electron chi connectivity index (χ1n) is 9.59. The molecule has 1 aliphatic heterocycles. The monoisotopic (exact) mass is 378 g/mol. The molecule has 146 valence electrons. The van der Waals surface area contributed by atoms with Crippen molar-refractivity contribution in [2.75, 3.05) is 11.4 Å². The molecule has 1 unspecified atom stereocenters. The maximum Gasteiger partial charge on any atom is 0.240 e. The molecule has 0 spiro atoms. The summed E-state index contributed by atoms with van der Waals surface area (Å²) in [5.74, 6) is -0.271. The molecular weight excluding hydrogens is 352 g/mol. The van der Waals surface area contributed by atoms with Gasteiger partial charge in [0.15, 0.2) is 0 Å². The number of nitrogen functional groups attached to an aromatic ring is 1. The molecule has 1 aliphatic rings. The summed E-state index contributed by atoms with van der Waals surface area (Å²) in [6.07, 6.45) is 2.42. The number of amides is 2. The first-order valence-corrected chi connectivity index (χ1v) is 9.59. The fraction of sp³-hybridized carbons (Fsp3) is 0.318. The van der Waals surface area contributed by atoms with Crippen LogP contribution in [0, 0.1) is 11.3 Å². The van der Waals surface area contributed by atoms with E-state index in [1.54, 1.807) is 23.1 Å². The lowest BCUT2D eigenvalue weighted by atomic mass is 9.98. The molecule has 2 aromatic carbocycles. The molecule has 0 aromatic heterocycles. The van der Waals surface area contributed by atoms with Gasteiger partial charge in [0.1, 0.15) is 12.4 Å². The zero-order valence-electron chi connectivity index (χ0n) is 16.1. The minimum absolute atomic E-state index is 0.00124. The van der Waals surface area contributed by atoms with Gasteiger partial charge in [0.05, 0.1) is 0 Å². The average Bonchev–Trinajstić information content (AvgIpc) is 2.83. The highest BCUT2D eigenvalue weighted by molar-refractivity contribution is 6.01. The van der Waals surface area contributed by atoms with Crippen LogP contribution in [0.3, 0.4) is 0 Å². The van der Waals surface area contributed by atoms with Gasteiger partial charge < -0.3 is 16.0 Å². The number of nitrogens with one attached hydrogen (secondary N) is 2. The molecule has 1 atom stereocenters. The van der Waals surface area contributed by atoms with E-state index in [-0.39, 0.29) is 30.1 Å². The molecule has 0 aliphatic carbocycles. The number of carbonyl (C=O) groups is 2. The fourth-order valence-electron chi connectivity index (χ4n) is 3.57. The van der Waals surface area contributed by atoms with Crippen molar-refractivity contribution in [1.82, 2.24) is 5.32 Å². The Labute approximate surface area is 165 Å². The Kier molecular flexibility index (Phi) is 6.09. The van der Waals surface area contributed by atoms with Gasteiger partial charge in [0.25, 0.3) is 0 Å². The summed E-state index contributed by atoms with van der Waals surface area (Å²) < 4.78 is 0. The van der Waals surface area contributed by atoms with Crippen LogP contribution >= 0.6 is 0 Å². The number of para-hydroxylation sites is 1. The van der Waals surface area contributed by atoms with Crippen LogP contribution in [-0.4, -0.2) is 24.2 Å². The van der Waals surface area contributed by atoms with Crippen LogP contribution in [0.2, 0.25) is 0 Å². The number of fused-ring (bicyclic) bond motifs is 1. The van der Waals surface area contributed by atoms with Crippen molar-refractivity contribution in [2.24, 2.45) is 11.7 Å². The maximum absolute atomic E-state index is 13.0. The Morgan fingerprint density at radius 3 is 2.79 bits per heavy atom. The Balaban J connectivity index is 1.72. The van der Waals surface area contributed by atoms with Crippen LogP contribution in [0.15, 0.2) is 48.5 Å². The molecule has 6 nitrogen and oxygen atoms in total. The standard InChI is InChI=1S/C22H26N4O2/c1-2-16-10-11-17-7-3-4-9-19(17)26(22(16)28)14-20(27)25-13-15-6-5-8-18(12-15)21(23)24/h3-9,12,16H,2,10-11,13-14H2,1H3,(H3,23,24)(H,25,27). The second-order valence-electron chi connectivity index (χ2n) is 7.09. The van der Waals surface area contributed by atoms with Crippen LogP contribution in [0.5, 0.6) is 0 Å². The molecule has 0 radical (unpaired) electrons. The molecule has 1 heterocycles. The lowest BCUT2D eigenvalue weighted by Gasteiger charge is -2.25. The number of nitrogens with zero attached hydrogens (tertiary/aromatic N) is 1. The van der Waals surface area contributed by atoms with E-state index in [1.165, 1.54) is 0 Å². The molecule has 0 fully saturated rings. The van der Waals surface area contributed by atoms with Gasteiger partial charge in [-0.05, 0) is 42.5 Å². The summed E-state index contributed by atoms with van der Waals surface area (Å²) >= 11 is 0. The number of carbonyl (C=O) groups excluding carboxylic acids is 2. The lowest BCUT2D eigenvalue weighted by Crippen LogP contribution is -2.42. The molecule has 2 aromatic rings. The van der Waals surface area contributed by atoms with Crippen LogP contribution < -0.4 is 16.0 Å². The third-order valence-corrected chi connectivity index (χ3v) is 5.18. The number of rotatable bonds is 6. The Morgan fingerprint density at radius 1 is 1.25 bits per heavy atom. The van der Waals surface area contributed by atoms with Gasteiger partial charge in [-0.25, -0.2) is 0 Å². The van der Waals surface area contributed by atoms with Gasteiger partial charge in [0.2, 0.25) is 11.8 Å². The molecule has 3 rings (SSSR count). The molecular formula is C22H26N4O2. The minimum atomic E-state index is -0.215. The summed E-state index contributed by atoms with van der Waals surface area (Å²) in [7, 11) is 0. The molecule has 0 bridgehead atoms. The topological polar surface area (TPSA) is 99.3 Å². The summed E-state index contributed by atoms with van der Waals surface area (Å²) in [6.45, 7) is 2.33. The molecule has 0 saturated carbocycles. The van der Waals surface area contributed by atoms with E-state index in [4.69, 9.17) is 11.1 Å². The summed E-state index contributed by atoms with van der Waals surface area (Å²) in [5, 5.41) is 10.4. The number of hydrogen-bond donors (Lipinski definition) is 3. The van der Waals surface area contributed by atoms with Crippen molar-refractivity contribution in [3.63, 3.8) is 0 Å². The molecule has 0 saturated heterocycles. The average molecular weight is 378 g/mol. The van der Waals surface area contributed by atoms with Gasteiger partial charge >= 0.3 is 0 Å². The van der Waals surface area contributed by atoms with Gasteiger partial charge in [0, 0.05) is 23.7 Å². The summed E-state index contributed by atoms with van der Waals surface area (Å²) in [6, 6.07) is 15.0. The lowest BCUT2D eigenvalue weighted by molar-refractivity contribution is -0.126. The Bertz CT molecular complexity index is 894. The van der Waals surface area contributed by atoms with E-state index >= 15 is 0 Å². The van der Waals surface area contributed by atoms with Crippen LogP contribution in [0.4, 0.5) is 5.69 Å². The van der Waals surface area contributed by atoms with E-state index < -0.39 is 0 Å². The van der Waals surface area contributed by atoms with Crippen LogP contribution in [0.1, 0.15) is 36.5 Å². The SMILES string of the molecule is CCC1CCc2ccccc2N(CC(=O)NCc2cccc(C(=N)N)c2)C1=O. The predicted octanol–water partition coefficient (Wildman–Crippen LogP) is 2.59. The van der Waals surface area contributed by atoms with E-state index in [2.05, 4.69) is 5.32 Å². The highest BCUT2D eigenvalue weighted by atomic mass is 16.2. The third kappa shape index (κ3) is 4.39. The largest absolute Gasteiger partial charge is 0.384 e. The second kappa shape index (κ2) is 8.69. The maximum atomic E-state index is 13.0. The second-order valence-corrected chi connectivity index (χ2v) is 7.09. The first-order chi connectivity index (χ1) is 13.5. The van der Waals surface area contributed by atoms with Crippen molar-refractivity contribution < 1.29 is 9.59 Å². The number of anilines is 1. The Hall–Kier alpha value is -3.15. The molecule has 2 amide bonds. The number of nitrogens with two attached hydrogens (primary N) is 1. The summed E-state index contributed by atoms with van der Waals surface area (Å²) in [5.41, 5.74) is 8.93. The predicted molar refractivity (Wildman–Crippen MR) is 110 cm³/mol. The highest BCUT2D eigenvalue weighted by Gasteiger charge is 2.30. The smallest absolute Gasteiger partial charge is 0.240 e. The Morgan fingerprint density at radius 2 is 2.04 bits per heavy atom. The van der Waals surface area contributed by atoms with Crippen molar-refractivity contribution >= 4 is 23.3 Å². The number of benzene rings is 2. The van der Waals surface area contributed by atoms with E-state index in [0.717, 1.165) is 36.1 Å². The van der Waals surface area contributed by atoms with Crippen molar-refractivity contribution in [2.45, 2.75) is 32.7 Å². The summed E-state index contributed by atoms with van der Waals surface area (Å²) in [4.78, 5) is 27.2. The fourth-order valence-corrected chi connectivity index (χ4v) is 3.57. The van der Waals surface area contributed by atoms with Gasteiger partial charge in [-0.15, -0.1) is 0 Å². The number of amidine groups is 1. The zero-order chi connectivity index (χ0) is 20.1.